The van der Waals surface area contributed by atoms with Gasteiger partial charge in [-0.05, 0) is 35.9 Å². The zero-order valence-corrected chi connectivity index (χ0v) is 14.6. The first-order chi connectivity index (χ1) is 13.3. The van der Waals surface area contributed by atoms with Gasteiger partial charge in [0, 0.05) is 17.3 Å². The molecule has 2 nitrogen and oxygen atoms in total. The van der Waals surface area contributed by atoms with Crippen molar-refractivity contribution in [1.29, 1.82) is 0 Å². The molecule has 0 amide bonds. The van der Waals surface area contributed by atoms with Crippen LogP contribution in [0.5, 0.6) is 0 Å². The van der Waals surface area contributed by atoms with Crippen molar-refractivity contribution in [2.45, 2.75) is 6.04 Å². The molecule has 0 saturated carbocycles. The van der Waals surface area contributed by atoms with Crippen LogP contribution in [0.3, 0.4) is 0 Å². The van der Waals surface area contributed by atoms with Gasteiger partial charge in [0.05, 0.1) is 17.1 Å². The van der Waals surface area contributed by atoms with Crippen LogP contribution in [0.2, 0.25) is 0 Å². The maximum absolute atomic E-state index is 13.9. The fourth-order valence-corrected chi connectivity index (χ4v) is 3.73. The van der Waals surface area contributed by atoms with E-state index < -0.39 is 0 Å². The van der Waals surface area contributed by atoms with Crippen molar-refractivity contribution in [2.75, 3.05) is 0 Å². The van der Waals surface area contributed by atoms with Crippen LogP contribution in [-0.4, -0.2) is 10.3 Å². The monoisotopic (exact) mass is 352 g/mol. The number of nitrogens with zero attached hydrogens (tertiary/aromatic N) is 2. The second kappa shape index (κ2) is 6.36. The molecular formula is C24H17FN2. The minimum atomic E-state index is -0.258. The molecule has 0 radical (unpaired) electrons. The molecule has 0 spiro atoms. The van der Waals surface area contributed by atoms with Gasteiger partial charge in [-0.1, -0.05) is 60.7 Å². The Bertz CT molecular complexity index is 1140. The molecule has 1 aliphatic heterocycles. The summed E-state index contributed by atoms with van der Waals surface area (Å²) in [7, 11) is 0. The highest BCUT2D eigenvalue weighted by atomic mass is 19.1. The van der Waals surface area contributed by atoms with Crippen LogP contribution in [-0.2, 0) is 0 Å². The summed E-state index contributed by atoms with van der Waals surface area (Å²) in [6, 6.07) is 29.1. The third-order valence-electron chi connectivity index (χ3n) is 4.95. The van der Waals surface area contributed by atoms with Crippen LogP contribution in [0.15, 0.2) is 102 Å². The number of para-hydroxylation sites is 1. The second-order valence-corrected chi connectivity index (χ2v) is 6.62. The van der Waals surface area contributed by atoms with Gasteiger partial charge in [-0.2, -0.15) is 0 Å². The molecule has 3 heteroatoms. The molecule has 27 heavy (non-hydrogen) atoms. The molecule has 0 bridgehead atoms. The van der Waals surface area contributed by atoms with Crippen molar-refractivity contribution < 1.29 is 4.39 Å². The highest BCUT2D eigenvalue weighted by Crippen LogP contribution is 2.35. The first-order valence-corrected chi connectivity index (χ1v) is 8.97. The third kappa shape index (κ3) is 2.68. The molecule has 4 aromatic rings. The van der Waals surface area contributed by atoms with Crippen LogP contribution in [0.1, 0.15) is 28.4 Å². The predicted molar refractivity (Wildman–Crippen MR) is 106 cm³/mol. The molecule has 2 heterocycles. The number of benzene rings is 3. The quantitative estimate of drug-likeness (QED) is 0.450. The molecule has 1 unspecified atom stereocenters. The van der Waals surface area contributed by atoms with Gasteiger partial charge in [0.25, 0.3) is 0 Å². The fraction of sp³-hybridized carbons (Fsp3) is 0.0417. The van der Waals surface area contributed by atoms with E-state index in [1.165, 1.54) is 6.07 Å². The number of rotatable bonds is 2. The van der Waals surface area contributed by atoms with Gasteiger partial charge in [0.2, 0.25) is 0 Å². The smallest absolute Gasteiger partial charge is 0.123 e. The molecule has 130 valence electrons. The Labute approximate surface area is 157 Å². The average molecular weight is 352 g/mol. The number of aromatic nitrogens is 1. The van der Waals surface area contributed by atoms with Gasteiger partial charge in [-0.15, -0.1) is 0 Å². The van der Waals surface area contributed by atoms with E-state index in [1.54, 1.807) is 12.1 Å². The normalized spacial score (nSPS) is 15.4. The summed E-state index contributed by atoms with van der Waals surface area (Å²) >= 11 is 0. The molecule has 0 aliphatic carbocycles. The van der Waals surface area contributed by atoms with E-state index in [4.69, 9.17) is 4.99 Å². The summed E-state index contributed by atoms with van der Waals surface area (Å²) in [5, 5.41) is 0. The Balaban J connectivity index is 1.82. The van der Waals surface area contributed by atoms with Crippen molar-refractivity contribution in [3.63, 3.8) is 0 Å². The van der Waals surface area contributed by atoms with Crippen molar-refractivity contribution in [3.05, 3.63) is 125 Å². The first-order valence-electron chi connectivity index (χ1n) is 8.97. The van der Waals surface area contributed by atoms with Crippen molar-refractivity contribution in [2.24, 2.45) is 4.99 Å². The second-order valence-electron chi connectivity index (χ2n) is 6.62. The Morgan fingerprint density at radius 2 is 1.59 bits per heavy atom. The lowest BCUT2D eigenvalue weighted by Gasteiger charge is -2.16. The Kier molecular flexibility index (Phi) is 3.72. The molecule has 1 atom stereocenters. The lowest BCUT2D eigenvalue weighted by Crippen LogP contribution is -2.08. The van der Waals surface area contributed by atoms with Gasteiger partial charge in [-0.25, -0.2) is 4.39 Å². The maximum Gasteiger partial charge on any atom is 0.123 e. The molecule has 0 N–H and O–H groups in total. The molecule has 1 aromatic heterocycles. The summed E-state index contributed by atoms with van der Waals surface area (Å²) in [6.07, 6.45) is 2.04. The Morgan fingerprint density at radius 3 is 2.44 bits per heavy atom. The van der Waals surface area contributed by atoms with Crippen LogP contribution in [0, 0.1) is 5.82 Å². The van der Waals surface area contributed by atoms with Gasteiger partial charge in [0.1, 0.15) is 11.9 Å². The van der Waals surface area contributed by atoms with Crippen LogP contribution < -0.4 is 0 Å². The predicted octanol–water partition coefficient (Wildman–Crippen LogP) is 5.56. The molecule has 0 fully saturated rings. The summed E-state index contributed by atoms with van der Waals surface area (Å²) in [5.41, 5.74) is 5.89. The molecular weight excluding hydrogens is 335 g/mol. The third-order valence-corrected chi connectivity index (χ3v) is 4.95. The van der Waals surface area contributed by atoms with E-state index in [0.717, 1.165) is 33.8 Å². The number of halogens is 1. The Hall–Kier alpha value is -3.46. The van der Waals surface area contributed by atoms with Crippen molar-refractivity contribution in [3.8, 4) is 5.69 Å². The van der Waals surface area contributed by atoms with Gasteiger partial charge >= 0.3 is 0 Å². The van der Waals surface area contributed by atoms with Crippen LogP contribution in [0.25, 0.3) is 5.69 Å². The summed E-state index contributed by atoms with van der Waals surface area (Å²) in [6.45, 7) is 0. The zero-order valence-electron chi connectivity index (χ0n) is 14.6. The molecule has 3 aromatic carbocycles. The number of aliphatic imine (C=N–C) groups is 1. The average Bonchev–Trinajstić information content (AvgIpc) is 3.14. The van der Waals surface area contributed by atoms with Crippen molar-refractivity contribution >= 4 is 5.71 Å². The summed E-state index contributed by atoms with van der Waals surface area (Å²) < 4.78 is 16.1. The lowest BCUT2D eigenvalue weighted by atomic mass is 9.97. The summed E-state index contributed by atoms with van der Waals surface area (Å²) in [5.74, 6) is -0.258. The topological polar surface area (TPSA) is 17.3 Å². The number of hydrogen-bond acceptors (Lipinski definition) is 1. The number of hydrogen-bond donors (Lipinski definition) is 0. The van der Waals surface area contributed by atoms with E-state index in [1.807, 2.05) is 54.7 Å². The zero-order chi connectivity index (χ0) is 18.2. The van der Waals surface area contributed by atoms with Gasteiger partial charge in [0.15, 0.2) is 0 Å². The van der Waals surface area contributed by atoms with E-state index >= 15 is 0 Å². The fourth-order valence-electron chi connectivity index (χ4n) is 3.73. The Morgan fingerprint density at radius 1 is 0.778 bits per heavy atom. The van der Waals surface area contributed by atoms with E-state index in [0.29, 0.717) is 0 Å². The van der Waals surface area contributed by atoms with Crippen LogP contribution >= 0.6 is 0 Å². The first kappa shape index (κ1) is 15.8. The van der Waals surface area contributed by atoms with Crippen LogP contribution in [0.4, 0.5) is 4.39 Å². The van der Waals surface area contributed by atoms with E-state index in [2.05, 4.69) is 28.8 Å². The van der Waals surface area contributed by atoms with E-state index in [9.17, 15) is 4.39 Å². The molecule has 1 aliphatic rings. The van der Waals surface area contributed by atoms with Gasteiger partial charge < -0.3 is 4.57 Å². The highest BCUT2D eigenvalue weighted by molar-refractivity contribution is 6.12. The lowest BCUT2D eigenvalue weighted by molar-refractivity contribution is 0.627. The minimum Gasteiger partial charge on any atom is -0.315 e. The maximum atomic E-state index is 13.9. The van der Waals surface area contributed by atoms with E-state index in [-0.39, 0.29) is 11.9 Å². The minimum absolute atomic E-state index is 0.152. The van der Waals surface area contributed by atoms with Gasteiger partial charge in [-0.3, -0.25) is 4.99 Å². The largest absolute Gasteiger partial charge is 0.315 e. The standard InChI is InChI=1S/C24H17FN2/c25-19-11-6-10-18(16-19)24-22-14-7-15-27(22)21-13-5-4-12-20(21)23(26-24)17-8-2-1-3-9-17/h1-16,23H. The van der Waals surface area contributed by atoms with Crippen molar-refractivity contribution in [1.82, 2.24) is 4.57 Å². The number of fused-ring (bicyclic) bond motifs is 3. The molecule has 0 saturated heterocycles. The molecule has 5 rings (SSSR count). The highest BCUT2D eigenvalue weighted by Gasteiger charge is 2.25. The SMILES string of the molecule is Fc1cccc(C2=NC(c3ccccc3)c3ccccc3-n3cccc32)c1. The summed E-state index contributed by atoms with van der Waals surface area (Å²) in [4.78, 5) is 5.14.